The van der Waals surface area contributed by atoms with Crippen molar-refractivity contribution in [3.05, 3.63) is 70.8 Å². The molecule has 4 aromatic carbocycles. The third-order valence-electron chi connectivity index (χ3n) is 9.61. The maximum Gasteiger partial charge on any atom is 0.127 e. The van der Waals surface area contributed by atoms with Crippen molar-refractivity contribution in [2.45, 2.75) is 115 Å². The van der Waals surface area contributed by atoms with Gasteiger partial charge >= 0.3 is 0 Å². The summed E-state index contributed by atoms with van der Waals surface area (Å²) < 4.78 is 0. The Morgan fingerprint density at radius 3 is 1.19 bits per heavy atom. The molecule has 274 valence electrons. The number of aromatic nitrogens is 6. The van der Waals surface area contributed by atoms with E-state index in [0.29, 0.717) is 0 Å². The van der Waals surface area contributed by atoms with Gasteiger partial charge in [-0.3, -0.25) is 0 Å². The lowest BCUT2D eigenvalue weighted by atomic mass is 9.78. The fourth-order valence-electron chi connectivity index (χ4n) is 6.51. The molecule has 0 spiro atoms. The second-order valence-corrected chi connectivity index (χ2v) is 20.1. The highest BCUT2D eigenvalue weighted by Crippen LogP contribution is 2.49. The van der Waals surface area contributed by atoms with Crippen LogP contribution in [0.25, 0.3) is 44.3 Å². The highest BCUT2D eigenvalue weighted by Gasteiger charge is 2.29. The SMILES string of the molecule is CC(C)(C)c1cc(-c2c(SCCSc3ccc4n[nH]nc4c3-c3cc(C(C)(C)C)cc(C(C)(C)C)c3O)ccc3n[nH]nc23)c(O)c(C(C)(C)C)c1. The second kappa shape index (κ2) is 13.4. The molecule has 0 radical (unpaired) electrons. The molecule has 52 heavy (non-hydrogen) atoms. The van der Waals surface area contributed by atoms with Crippen LogP contribution in [0.3, 0.4) is 0 Å². The molecule has 4 N–H and O–H groups in total. The molecule has 0 amide bonds. The maximum atomic E-state index is 11.9. The highest BCUT2D eigenvalue weighted by molar-refractivity contribution is 8.03. The first-order valence-electron chi connectivity index (χ1n) is 17.9. The number of rotatable bonds is 7. The van der Waals surface area contributed by atoms with E-state index in [2.05, 4.69) is 150 Å². The van der Waals surface area contributed by atoms with Gasteiger partial charge in [-0.05, 0) is 69.2 Å². The van der Waals surface area contributed by atoms with Gasteiger partial charge in [-0.1, -0.05) is 95.2 Å². The van der Waals surface area contributed by atoms with Crippen molar-refractivity contribution in [3.63, 3.8) is 0 Å². The third-order valence-corrected chi connectivity index (χ3v) is 12.0. The normalized spacial score (nSPS) is 13.1. The van der Waals surface area contributed by atoms with E-state index in [1.54, 1.807) is 23.5 Å². The number of nitrogens with one attached hydrogen (secondary N) is 2. The molecule has 0 atom stereocenters. The van der Waals surface area contributed by atoms with Gasteiger partial charge in [-0.2, -0.15) is 30.8 Å². The molecule has 6 aromatic rings. The summed E-state index contributed by atoms with van der Waals surface area (Å²) in [7, 11) is 0. The summed E-state index contributed by atoms with van der Waals surface area (Å²) in [5.41, 5.74) is 9.65. The zero-order valence-corrected chi connectivity index (χ0v) is 34.2. The number of benzene rings is 4. The summed E-state index contributed by atoms with van der Waals surface area (Å²) >= 11 is 3.48. The van der Waals surface area contributed by atoms with E-state index in [0.717, 1.165) is 87.9 Å². The molecule has 0 aliphatic carbocycles. The average Bonchev–Trinajstić information content (AvgIpc) is 3.71. The van der Waals surface area contributed by atoms with Crippen LogP contribution in [0.1, 0.15) is 105 Å². The van der Waals surface area contributed by atoms with E-state index < -0.39 is 0 Å². The lowest BCUT2D eigenvalue weighted by Crippen LogP contribution is -2.17. The summed E-state index contributed by atoms with van der Waals surface area (Å²) in [6, 6.07) is 16.7. The lowest BCUT2D eigenvalue weighted by molar-refractivity contribution is 0.446. The molecule has 10 heteroatoms. The summed E-state index contributed by atoms with van der Waals surface area (Å²) in [6.45, 7) is 26.0. The molecule has 0 unspecified atom stereocenters. The predicted molar refractivity (Wildman–Crippen MR) is 218 cm³/mol. The van der Waals surface area contributed by atoms with Crippen LogP contribution >= 0.6 is 23.5 Å². The zero-order valence-electron chi connectivity index (χ0n) is 32.5. The quantitative estimate of drug-likeness (QED) is 0.0943. The zero-order chi connectivity index (χ0) is 38.0. The molecule has 6 rings (SSSR count). The molecule has 0 saturated carbocycles. The van der Waals surface area contributed by atoms with Gasteiger partial charge in [-0.15, -0.1) is 23.5 Å². The summed E-state index contributed by atoms with van der Waals surface area (Å²) in [4.78, 5) is 2.06. The van der Waals surface area contributed by atoms with Gasteiger partial charge in [0.05, 0.1) is 0 Å². The predicted octanol–water partition coefficient (Wildman–Crippen LogP) is 11.0. The topological polar surface area (TPSA) is 124 Å². The van der Waals surface area contributed by atoms with Crippen molar-refractivity contribution < 1.29 is 10.2 Å². The molecule has 8 nitrogen and oxygen atoms in total. The van der Waals surface area contributed by atoms with E-state index in [1.807, 2.05) is 12.1 Å². The fourth-order valence-corrected chi connectivity index (χ4v) is 8.65. The number of phenolic OH excluding ortho intramolecular Hbond substituents is 2. The van der Waals surface area contributed by atoms with E-state index in [9.17, 15) is 10.2 Å². The first-order chi connectivity index (χ1) is 24.2. The molecule has 2 heterocycles. The van der Waals surface area contributed by atoms with Gasteiger partial charge < -0.3 is 10.2 Å². The van der Waals surface area contributed by atoms with E-state index in [-0.39, 0.29) is 33.2 Å². The highest BCUT2D eigenvalue weighted by atomic mass is 32.2. The molecule has 0 bridgehead atoms. The summed E-state index contributed by atoms with van der Waals surface area (Å²) in [5, 5.41) is 47.3. The van der Waals surface area contributed by atoms with Crippen LogP contribution in [-0.2, 0) is 21.7 Å². The minimum atomic E-state index is -0.265. The largest absolute Gasteiger partial charge is 0.507 e. The Bertz CT molecular complexity index is 2120. The van der Waals surface area contributed by atoms with Gasteiger partial charge in [-0.25, -0.2) is 0 Å². The molecule has 0 aliphatic rings. The smallest absolute Gasteiger partial charge is 0.127 e. The van der Waals surface area contributed by atoms with Crippen LogP contribution in [0.5, 0.6) is 11.5 Å². The molecule has 0 aliphatic heterocycles. The number of phenols is 2. The monoisotopic (exact) mass is 736 g/mol. The number of thioether (sulfide) groups is 2. The first-order valence-corrected chi connectivity index (χ1v) is 19.8. The number of nitrogens with zero attached hydrogens (tertiary/aromatic N) is 4. The minimum absolute atomic E-state index is 0.124. The number of hydrogen-bond acceptors (Lipinski definition) is 8. The molecule has 0 fully saturated rings. The Hall–Kier alpha value is -4.02. The minimum Gasteiger partial charge on any atom is -0.507 e. The average molecular weight is 737 g/mol. The van der Waals surface area contributed by atoms with Crippen LogP contribution in [0, 0.1) is 0 Å². The van der Waals surface area contributed by atoms with Gasteiger partial charge in [0, 0.05) is 54.7 Å². The van der Waals surface area contributed by atoms with Gasteiger partial charge in [0.2, 0.25) is 0 Å². The lowest BCUT2D eigenvalue weighted by Gasteiger charge is -2.28. The van der Waals surface area contributed by atoms with Gasteiger partial charge in [0.1, 0.15) is 33.6 Å². The van der Waals surface area contributed by atoms with Crippen molar-refractivity contribution in [3.8, 4) is 33.8 Å². The summed E-state index contributed by atoms with van der Waals surface area (Å²) in [5.74, 6) is 2.13. The number of aromatic amines is 2. The van der Waals surface area contributed by atoms with Gasteiger partial charge in [0.25, 0.3) is 0 Å². The van der Waals surface area contributed by atoms with E-state index in [1.165, 1.54) is 0 Å². The Morgan fingerprint density at radius 2 is 0.865 bits per heavy atom. The van der Waals surface area contributed by atoms with Crippen molar-refractivity contribution in [1.29, 1.82) is 0 Å². The van der Waals surface area contributed by atoms with Crippen LogP contribution < -0.4 is 0 Å². The Balaban J connectivity index is 1.39. The standard InChI is InChI=1S/C42H52N6O2S2/c1-39(2,3)23-19-25(37(49)27(21-23)41(7,8)9)33-31(15-13-29-35(33)45-47-43-29)51-17-18-52-32-16-14-30-36(46-48-44-30)34(32)26-20-24(40(4,5)6)22-28(38(26)50)42(10,11)12/h13-16,19-22,49-50H,17-18H2,1-12H3,(H,43,45,47)(H,44,46,48). The second-order valence-electron chi connectivity index (χ2n) is 17.8. The third kappa shape index (κ3) is 7.29. The van der Waals surface area contributed by atoms with Crippen molar-refractivity contribution in [2.24, 2.45) is 0 Å². The van der Waals surface area contributed by atoms with Crippen molar-refractivity contribution in [2.75, 3.05) is 11.5 Å². The van der Waals surface area contributed by atoms with Crippen molar-refractivity contribution >= 4 is 45.6 Å². The first kappa shape index (κ1) is 37.7. The van der Waals surface area contributed by atoms with Crippen LogP contribution in [0.15, 0.2) is 58.3 Å². The Morgan fingerprint density at radius 1 is 0.500 bits per heavy atom. The van der Waals surface area contributed by atoms with Crippen LogP contribution in [0.4, 0.5) is 0 Å². The molecule has 0 saturated heterocycles. The van der Waals surface area contributed by atoms with Crippen LogP contribution in [-0.4, -0.2) is 52.5 Å². The Labute approximate surface area is 316 Å². The fraction of sp³-hybridized carbons (Fsp3) is 0.429. The Kier molecular flexibility index (Phi) is 9.75. The number of hydrogen-bond donors (Lipinski definition) is 4. The van der Waals surface area contributed by atoms with Crippen LogP contribution in [0.2, 0.25) is 0 Å². The van der Waals surface area contributed by atoms with E-state index in [4.69, 9.17) is 0 Å². The van der Waals surface area contributed by atoms with E-state index >= 15 is 0 Å². The molecule has 2 aromatic heterocycles. The molecular weight excluding hydrogens is 685 g/mol. The summed E-state index contributed by atoms with van der Waals surface area (Å²) in [6.07, 6.45) is 0. The number of aromatic hydroxyl groups is 2. The van der Waals surface area contributed by atoms with Gasteiger partial charge in [0.15, 0.2) is 0 Å². The molecular formula is C42H52N6O2S2. The maximum absolute atomic E-state index is 11.9. The number of H-pyrrole nitrogens is 2. The number of fused-ring (bicyclic) bond motifs is 2. The van der Waals surface area contributed by atoms with Crippen molar-refractivity contribution in [1.82, 2.24) is 30.8 Å².